The molecule has 1 amide bonds. The summed E-state index contributed by atoms with van der Waals surface area (Å²) in [6.07, 6.45) is 1.11. The van der Waals surface area contributed by atoms with Crippen molar-refractivity contribution in [3.63, 3.8) is 0 Å². The number of anilines is 1. The number of carbonyl (C=O) groups excluding carboxylic acids is 1. The average Bonchev–Trinajstić information content (AvgIpc) is 2.37. The number of unbranched alkanes of at least 4 members (excludes halogenated alkanes) is 1. The molecule has 0 aliphatic heterocycles. The molecule has 1 aromatic rings. The monoisotopic (exact) mass is 264 g/mol. The molecule has 0 aliphatic carbocycles. The van der Waals surface area contributed by atoms with Gasteiger partial charge in [0.15, 0.2) is 0 Å². The Morgan fingerprint density at radius 1 is 1.32 bits per heavy atom. The normalized spacial score (nSPS) is 9.68. The smallest absolute Gasteiger partial charge is 0.303 e. The Morgan fingerprint density at radius 2 is 2.00 bits per heavy atom. The van der Waals surface area contributed by atoms with Crippen LogP contribution in [0.5, 0.6) is 0 Å². The van der Waals surface area contributed by atoms with Crippen LogP contribution in [0.3, 0.4) is 0 Å². The highest BCUT2D eigenvalue weighted by Crippen LogP contribution is 2.14. The highest BCUT2D eigenvalue weighted by atomic mass is 19.1. The van der Waals surface area contributed by atoms with Crippen LogP contribution < -0.4 is 5.32 Å². The summed E-state index contributed by atoms with van der Waals surface area (Å²) in [6.45, 7) is 0. The molecule has 0 fully saturated rings. The molecule has 1 aromatic carbocycles. The number of hydrogen-bond acceptors (Lipinski definition) is 3. The fourth-order valence-corrected chi connectivity index (χ4v) is 1.47. The van der Waals surface area contributed by atoms with E-state index < -0.39 is 11.8 Å². The van der Waals surface area contributed by atoms with Gasteiger partial charge in [0.25, 0.3) is 0 Å². The summed E-state index contributed by atoms with van der Waals surface area (Å²) in [5, 5.41) is 19.6. The number of aliphatic carboxylic acids is 1. The molecule has 100 valence electrons. The van der Waals surface area contributed by atoms with Crippen molar-refractivity contribution in [1.29, 1.82) is 5.26 Å². The summed E-state index contributed by atoms with van der Waals surface area (Å²) >= 11 is 0. The van der Waals surface area contributed by atoms with Gasteiger partial charge in [0.05, 0.1) is 5.56 Å². The van der Waals surface area contributed by atoms with Crippen LogP contribution >= 0.6 is 0 Å². The van der Waals surface area contributed by atoms with Crippen molar-refractivity contribution in [1.82, 2.24) is 0 Å². The highest BCUT2D eigenvalue weighted by Gasteiger charge is 2.06. The minimum Gasteiger partial charge on any atom is -0.481 e. The van der Waals surface area contributed by atoms with Crippen molar-refractivity contribution >= 4 is 17.6 Å². The summed E-state index contributed by atoms with van der Waals surface area (Å²) in [4.78, 5) is 21.8. The SMILES string of the molecule is N#Cc1cc(NC(=O)CCCCC(=O)O)ccc1F. The fraction of sp³-hybridized carbons (Fsp3) is 0.308. The number of rotatable bonds is 6. The molecular formula is C13H13FN2O3. The Balaban J connectivity index is 2.44. The molecule has 0 radical (unpaired) electrons. The Labute approximate surface area is 109 Å². The van der Waals surface area contributed by atoms with Crippen molar-refractivity contribution in [2.75, 3.05) is 5.32 Å². The van der Waals surface area contributed by atoms with E-state index in [1.807, 2.05) is 0 Å². The lowest BCUT2D eigenvalue weighted by Gasteiger charge is -2.05. The zero-order chi connectivity index (χ0) is 14.3. The van der Waals surface area contributed by atoms with Crippen LogP contribution in [-0.4, -0.2) is 17.0 Å². The Bertz CT molecular complexity index is 523. The number of nitriles is 1. The second-order valence-corrected chi connectivity index (χ2v) is 3.96. The number of nitrogens with one attached hydrogen (secondary N) is 1. The zero-order valence-electron chi connectivity index (χ0n) is 10.1. The molecule has 0 saturated heterocycles. The number of benzene rings is 1. The maximum atomic E-state index is 13.0. The van der Waals surface area contributed by atoms with Gasteiger partial charge in [0.1, 0.15) is 11.9 Å². The highest BCUT2D eigenvalue weighted by molar-refractivity contribution is 5.90. The topological polar surface area (TPSA) is 90.2 Å². The first-order valence-corrected chi connectivity index (χ1v) is 5.74. The molecule has 0 atom stereocenters. The fourth-order valence-electron chi connectivity index (χ4n) is 1.47. The molecular weight excluding hydrogens is 251 g/mol. The molecule has 1 rings (SSSR count). The van der Waals surface area contributed by atoms with E-state index >= 15 is 0 Å². The van der Waals surface area contributed by atoms with E-state index in [1.54, 1.807) is 6.07 Å². The average molecular weight is 264 g/mol. The standard InChI is InChI=1S/C13H13FN2O3/c14-11-6-5-10(7-9(11)8-15)16-12(17)3-1-2-4-13(18)19/h5-7H,1-4H2,(H,16,17)(H,18,19). The van der Waals surface area contributed by atoms with Crippen molar-refractivity contribution in [2.24, 2.45) is 0 Å². The Kier molecular flexibility index (Phi) is 5.48. The number of nitrogens with zero attached hydrogens (tertiary/aromatic N) is 1. The zero-order valence-corrected chi connectivity index (χ0v) is 10.1. The predicted octanol–water partition coefficient (Wildman–Crippen LogP) is 2.28. The van der Waals surface area contributed by atoms with Crippen molar-refractivity contribution in [2.45, 2.75) is 25.7 Å². The van der Waals surface area contributed by atoms with Gasteiger partial charge in [0.2, 0.25) is 5.91 Å². The summed E-state index contributed by atoms with van der Waals surface area (Å²) in [5.74, 6) is -1.82. The molecule has 19 heavy (non-hydrogen) atoms. The lowest BCUT2D eigenvalue weighted by molar-refractivity contribution is -0.137. The van der Waals surface area contributed by atoms with Crippen LogP contribution in [0.15, 0.2) is 18.2 Å². The van der Waals surface area contributed by atoms with E-state index in [0.29, 0.717) is 18.5 Å². The number of halogens is 1. The van der Waals surface area contributed by atoms with Crippen LogP contribution in [-0.2, 0) is 9.59 Å². The predicted molar refractivity (Wildman–Crippen MR) is 65.8 cm³/mol. The third kappa shape index (κ3) is 5.17. The van der Waals surface area contributed by atoms with Gasteiger partial charge in [-0.25, -0.2) is 4.39 Å². The summed E-state index contributed by atoms with van der Waals surface area (Å²) in [5.41, 5.74) is 0.213. The summed E-state index contributed by atoms with van der Waals surface area (Å²) in [7, 11) is 0. The number of amides is 1. The van der Waals surface area contributed by atoms with E-state index in [2.05, 4.69) is 5.32 Å². The van der Waals surface area contributed by atoms with E-state index in [-0.39, 0.29) is 24.3 Å². The quantitative estimate of drug-likeness (QED) is 0.771. The Hall–Kier alpha value is -2.42. The first-order chi connectivity index (χ1) is 9.02. The third-order valence-electron chi connectivity index (χ3n) is 2.42. The van der Waals surface area contributed by atoms with E-state index in [9.17, 15) is 14.0 Å². The summed E-state index contributed by atoms with van der Waals surface area (Å²) in [6, 6.07) is 5.41. The lowest BCUT2D eigenvalue weighted by atomic mass is 10.1. The van der Waals surface area contributed by atoms with Crippen LogP contribution in [0.1, 0.15) is 31.2 Å². The maximum absolute atomic E-state index is 13.0. The van der Waals surface area contributed by atoms with Crippen LogP contribution in [0, 0.1) is 17.1 Å². The summed E-state index contributed by atoms with van der Waals surface area (Å²) < 4.78 is 13.0. The molecule has 0 saturated carbocycles. The minimum atomic E-state index is -0.891. The van der Waals surface area contributed by atoms with Gasteiger partial charge < -0.3 is 10.4 Å². The van der Waals surface area contributed by atoms with Gasteiger partial charge in [-0.15, -0.1) is 0 Å². The van der Waals surface area contributed by atoms with Gasteiger partial charge in [0, 0.05) is 18.5 Å². The minimum absolute atomic E-state index is 0.0302. The van der Waals surface area contributed by atoms with Crippen LogP contribution in [0.25, 0.3) is 0 Å². The van der Waals surface area contributed by atoms with Gasteiger partial charge in [-0.3, -0.25) is 9.59 Å². The van der Waals surface area contributed by atoms with Crippen molar-refractivity contribution < 1.29 is 19.1 Å². The first-order valence-electron chi connectivity index (χ1n) is 5.74. The van der Waals surface area contributed by atoms with E-state index in [4.69, 9.17) is 10.4 Å². The van der Waals surface area contributed by atoms with Crippen molar-refractivity contribution in [3.8, 4) is 6.07 Å². The number of carboxylic acid groups (broad SMARTS) is 1. The van der Waals surface area contributed by atoms with Gasteiger partial charge in [-0.05, 0) is 31.0 Å². The molecule has 2 N–H and O–H groups in total. The molecule has 0 unspecified atom stereocenters. The molecule has 6 heteroatoms. The van der Waals surface area contributed by atoms with Crippen molar-refractivity contribution in [3.05, 3.63) is 29.6 Å². The van der Waals surface area contributed by atoms with Crippen LogP contribution in [0.4, 0.5) is 10.1 Å². The molecule has 0 spiro atoms. The molecule has 0 aliphatic rings. The molecule has 0 aromatic heterocycles. The van der Waals surface area contributed by atoms with E-state index in [1.165, 1.54) is 12.1 Å². The number of hydrogen-bond donors (Lipinski definition) is 2. The van der Waals surface area contributed by atoms with E-state index in [0.717, 1.165) is 6.07 Å². The first kappa shape index (κ1) is 14.6. The largest absolute Gasteiger partial charge is 0.481 e. The number of carbonyl (C=O) groups is 2. The molecule has 0 bridgehead atoms. The molecule has 5 nitrogen and oxygen atoms in total. The molecule has 0 heterocycles. The lowest BCUT2D eigenvalue weighted by Crippen LogP contribution is -2.11. The second-order valence-electron chi connectivity index (χ2n) is 3.96. The maximum Gasteiger partial charge on any atom is 0.303 e. The van der Waals surface area contributed by atoms with Crippen LogP contribution in [0.2, 0.25) is 0 Å². The Morgan fingerprint density at radius 3 is 2.63 bits per heavy atom. The second kappa shape index (κ2) is 7.11. The van der Waals surface area contributed by atoms with Gasteiger partial charge in [-0.2, -0.15) is 5.26 Å². The third-order valence-corrected chi connectivity index (χ3v) is 2.42. The van der Waals surface area contributed by atoms with Gasteiger partial charge >= 0.3 is 5.97 Å². The van der Waals surface area contributed by atoms with Gasteiger partial charge in [-0.1, -0.05) is 0 Å². The number of carboxylic acids is 1.